The van der Waals surface area contributed by atoms with Gasteiger partial charge in [-0.05, 0) is 34.0 Å². The molecule has 2 unspecified atom stereocenters. The third-order valence-electron chi connectivity index (χ3n) is 2.07. The summed E-state index contributed by atoms with van der Waals surface area (Å²) in [7, 11) is 0. The van der Waals surface area contributed by atoms with E-state index in [9.17, 15) is 4.79 Å². The van der Waals surface area contributed by atoms with Gasteiger partial charge in [-0.3, -0.25) is 4.79 Å². The molecule has 0 heterocycles. The van der Waals surface area contributed by atoms with E-state index in [1.54, 1.807) is 0 Å². The van der Waals surface area contributed by atoms with Crippen LogP contribution in [-0.2, 0) is 9.53 Å². The van der Waals surface area contributed by atoms with Crippen molar-refractivity contribution in [1.82, 2.24) is 5.32 Å². The fraction of sp³-hybridized carbons (Fsp3) is 0.909. The molecule has 0 bridgehead atoms. The van der Waals surface area contributed by atoms with Crippen LogP contribution >= 0.6 is 11.8 Å². The van der Waals surface area contributed by atoms with Crippen molar-refractivity contribution in [1.29, 1.82) is 0 Å². The molecular formula is C11H23NO3S. The number of amides is 1. The van der Waals surface area contributed by atoms with E-state index in [1.807, 2.05) is 34.0 Å². The van der Waals surface area contributed by atoms with Crippen molar-refractivity contribution in [2.45, 2.75) is 44.6 Å². The number of hydrogen-bond donors (Lipinski definition) is 2. The molecule has 2 N–H and O–H groups in total. The fourth-order valence-electron chi connectivity index (χ4n) is 1.11. The molecule has 0 radical (unpaired) electrons. The zero-order valence-corrected chi connectivity index (χ0v) is 11.6. The van der Waals surface area contributed by atoms with Crippen molar-refractivity contribution in [3.8, 4) is 0 Å². The summed E-state index contributed by atoms with van der Waals surface area (Å²) >= 11 is 1.54. The van der Waals surface area contributed by atoms with E-state index < -0.39 is 0 Å². The predicted molar refractivity (Wildman–Crippen MR) is 67.7 cm³/mol. The molecule has 0 aliphatic carbocycles. The Hall–Kier alpha value is -0.260. The molecule has 96 valence electrons. The van der Waals surface area contributed by atoms with Crippen LogP contribution in [0.1, 0.15) is 27.7 Å². The van der Waals surface area contributed by atoms with Crippen molar-refractivity contribution in [3.63, 3.8) is 0 Å². The van der Waals surface area contributed by atoms with Crippen molar-refractivity contribution < 1.29 is 14.6 Å². The Kier molecular flexibility index (Phi) is 7.03. The summed E-state index contributed by atoms with van der Waals surface area (Å²) < 4.78 is 5.36. The second kappa shape index (κ2) is 7.14. The second-order valence-electron chi connectivity index (χ2n) is 4.71. The SMILES string of the molecule is CSC(CO)C(C)NC(=O)COC(C)(C)C. The highest BCUT2D eigenvalue weighted by atomic mass is 32.2. The van der Waals surface area contributed by atoms with Gasteiger partial charge in [0.1, 0.15) is 6.61 Å². The Morgan fingerprint density at radius 2 is 2.06 bits per heavy atom. The Labute approximate surface area is 102 Å². The molecule has 0 spiro atoms. The molecular weight excluding hydrogens is 226 g/mol. The lowest BCUT2D eigenvalue weighted by Gasteiger charge is -2.23. The Balaban J connectivity index is 3.95. The first-order valence-electron chi connectivity index (χ1n) is 5.37. The maximum Gasteiger partial charge on any atom is 0.246 e. The lowest BCUT2D eigenvalue weighted by atomic mass is 10.2. The highest BCUT2D eigenvalue weighted by Crippen LogP contribution is 2.10. The fourth-order valence-corrected chi connectivity index (χ4v) is 1.73. The van der Waals surface area contributed by atoms with Crippen LogP contribution < -0.4 is 5.32 Å². The molecule has 0 rings (SSSR count). The smallest absolute Gasteiger partial charge is 0.246 e. The van der Waals surface area contributed by atoms with Crippen LogP contribution in [0.15, 0.2) is 0 Å². The van der Waals surface area contributed by atoms with Crippen LogP contribution in [0.3, 0.4) is 0 Å². The number of aliphatic hydroxyl groups is 1. The maximum absolute atomic E-state index is 11.5. The van der Waals surface area contributed by atoms with Crippen LogP contribution in [0.5, 0.6) is 0 Å². The second-order valence-corrected chi connectivity index (χ2v) is 5.79. The molecule has 0 aromatic carbocycles. The highest BCUT2D eigenvalue weighted by molar-refractivity contribution is 7.99. The van der Waals surface area contributed by atoms with Gasteiger partial charge in [-0.2, -0.15) is 11.8 Å². The summed E-state index contributed by atoms with van der Waals surface area (Å²) in [5, 5.41) is 11.9. The van der Waals surface area contributed by atoms with Gasteiger partial charge >= 0.3 is 0 Å². The molecule has 0 aliphatic heterocycles. The average molecular weight is 249 g/mol. The monoisotopic (exact) mass is 249 g/mol. The maximum atomic E-state index is 11.5. The number of rotatable bonds is 6. The summed E-state index contributed by atoms with van der Waals surface area (Å²) in [6.07, 6.45) is 1.91. The molecule has 16 heavy (non-hydrogen) atoms. The van der Waals surface area contributed by atoms with Crippen LogP contribution in [-0.4, -0.2) is 47.4 Å². The van der Waals surface area contributed by atoms with Crippen molar-refractivity contribution in [2.24, 2.45) is 0 Å². The van der Waals surface area contributed by atoms with Gasteiger partial charge in [-0.1, -0.05) is 0 Å². The molecule has 0 aliphatic rings. The number of thioether (sulfide) groups is 1. The van der Waals surface area contributed by atoms with Crippen LogP contribution in [0.25, 0.3) is 0 Å². The van der Waals surface area contributed by atoms with Crippen LogP contribution in [0.2, 0.25) is 0 Å². The van der Waals surface area contributed by atoms with E-state index in [-0.39, 0.29) is 36.0 Å². The lowest BCUT2D eigenvalue weighted by molar-refractivity contribution is -0.131. The topological polar surface area (TPSA) is 58.6 Å². The Bertz CT molecular complexity index is 212. The van der Waals surface area contributed by atoms with Gasteiger partial charge in [0, 0.05) is 11.3 Å². The van der Waals surface area contributed by atoms with E-state index in [2.05, 4.69) is 5.32 Å². The first-order valence-corrected chi connectivity index (χ1v) is 6.66. The molecule has 0 fully saturated rings. The van der Waals surface area contributed by atoms with Crippen molar-refractivity contribution in [3.05, 3.63) is 0 Å². The van der Waals surface area contributed by atoms with Crippen LogP contribution in [0.4, 0.5) is 0 Å². The summed E-state index contributed by atoms with van der Waals surface area (Å²) in [4.78, 5) is 11.5. The Morgan fingerprint density at radius 1 is 1.50 bits per heavy atom. The molecule has 4 nitrogen and oxygen atoms in total. The molecule has 0 aromatic heterocycles. The van der Waals surface area contributed by atoms with E-state index in [1.165, 1.54) is 11.8 Å². The minimum atomic E-state index is -0.309. The van der Waals surface area contributed by atoms with Gasteiger partial charge in [-0.15, -0.1) is 0 Å². The zero-order chi connectivity index (χ0) is 12.8. The summed E-state index contributed by atoms with van der Waals surface area (Å²) in [6, 6.07) is -0.0592. The minimum absolute atomic E-state index is 0.0265. The standard InChI is InChI=1S/C11H23NO3S/c1-8(9(6-13)16-5)12-10(14)7-15-11(2,3)4/h8-9,13H,6-7H2,1-5H3,(H,12,14). The van der Waals surface area contributed by atoms with E-state index in [4.69, 9.17) is 9.84 Å². The molecule has 0 saturated carbocycles. The van der Waals surface area contributed by atoms with Gasteiger partial charge in [0.15, 0.2) is 0 Å². The average Bonchev–Trinajstić information content (AvgIpc) is 2.15. The Morgan fingerprint density at radius 3 is 2.44 bits per heavy atom. The van der Waals surface area contributed by atoms with E-state index >= 15 is 0 Å². The number of nitrogens with one attached hydrogen (secondary N) is 1. The molecule has 2 atom stereocenters. The van der Waals surface area contributed by atoms with Crippen molar-refractivity contribution >= 4 is 17.7 Å². The van der Waals surface area contributed by atoms with Gasteiger partial charge in [0.2, 0.25) is 5.91 Å². The number of aliphatic hydroxyl groups excluding tert-OH is 1. The minimum Gasteiger partial charge on any atom is -0.395 e. The lowest BCUT2D eigenvalue weighted by Crippen LogP contribution is -2.43. The number of hydrogen-bond acceptors (Lipinski definition) is 4. The summed E-state index contributed by atoms with van der Waals surface area (Å²) in [6.45, 7) is 7.71. The summed E-state index contributed by atoms with van der Waals surface area (Å²) in [5.74, 6) is -0.144. The molecule has 0 saturated heterocycles. The zero-order valence-electron chi connectivity index (χ0n) is 10.7. The quantitative estimate of drug-likeness (QED) is 0.738. The van der Waals surface area contributed by atoms with E-state index in [0.29, 0.717) is 0 Å². The normalized spacial score (nSPS) is 15.6. The summed E-state index contributed by atoms with van der Waals surface area (Å²) in [5.41, 5.74) is -0.309. The number of carbonyl (C=O) groups is 1. The number of ether oxygens (including phenoxy) is 1. The number of carbonyl (C=O) groups excluding carboxylic acids is 1. The van der Waals surface area contributed by atoms with Crippen LogP contribution in [0, 0.1) is 0 Å². The largest absolute Gasteiger partial charge is 0.395 e. The molecule has 5 heteroatoms. The molecule has 1 amide bonds. The van der Waals surface area contributed by atoms with Gasteiger partial charge < -0.3 is 15.2 Å². The van der Waals surface area contributed by atoms with Gasteiger partial charge in [0.25, 0.3) is 0 Å². The highest BCUT2D eigenvalue weighted by Gasteiger charge is 2.18. The molecule has 0 aromatic rings. The third-order valence-corrected chi connectivity index (χ3v) is 3.23. The van der Waals surface area contributed by atoms with Gasteiger partial charge in [0.05, 0.1) is 12.2 Å². The first kappa shape index (κ1) is 15.7. The third kappa shape index (κ3) is 7.09. The van der Waals surface area contributed by atoms with Crippen molar-refractivity contribution in [2.75, 3.05) is 19.5 Å². The predicted octanol–water partition coefficient (Wildman–Crippen LogP) is 1.03. The van der Waals surface area contributed by atoms with E-state index in [0.717, 1.165) is 0 Å². The first-order chi connectivity index (χ1) is 7.30. The van der Waals surface area contributed by atoms with Gasteiger partial charge in [-0.25, -0.2) is 0 Å².